The molecule has 0 radical (unpaired) electrons. The zero-order chi connectivity index (χ0) is 18.4. The van der Waals surface area contributed by atoms with E-state index in [1.807, 2.05) is 24.3 Å². The van der Waals surface area contributed by atoms with E-state index < -0.39 is 0 Å². The topological polar surface area (TPSA) is 59.6 Å². The quantitative estimate of drug-likeness (QED) is 0.759. The lowest BCUT2D eigenvalue weighted by atomic mass is 10.1. The first-order chi connectivity index (χ1) is 12.7. The first-order valence-electron chi connectivity index (χ1n) is 8.72. The van der Waals surface area contributed by atoms with Gasteiger partial charge in [0.25, 0.3) is 5.91 Å². The number of carbonyl (C=O) groups excluding carboxylic acids is 1. The highest BCUT2D eigenvalue weighted by Crippen LogP contribution is 2.29. The Kier molecular flexibility index (Phi) is 8.23. The Balaban J connectivity index is 0.00000261. The summed E-state index contributed by atoms with van der Waals surface area (Å²) in [7, 11) is 1.57. The third-order valence-corrected chi connectivity index (χ3v) is 4.62. The average Bonchev–Trinajstić information content (AvgIpc) is 2.68. The smallest absolute Gasteiger partial charge is 0.251 e. The number of carbonyl (C=O) groups is 1. The standard InChI is InChI=1S/C20H23ClN2O3.ClH/c1-25-19-11-15(20(24)23-17-3-2-10-22-12-17)6-9-18(19)26-13-14-4-7-16(21)8-5-14;/h4-9,11,17,22H,2-3,10,12-13H2,1H3,(H,23,24);1H/t17-;/m0./s1. The summed E-state index contributed by atoms with van der Waals surface area (Å²) in [5.74, 6) is 1.04. The molecule has 146 valence electrons. The summed E-state index contributed by atoms with van der Waals surface area (Å²) >= 11 is 5.89. The van der Waals surface area contributed by atoms with Gasteiger partial charge in [0.2, 0.25) is 0 Å². The molecule has 0 aromatic heterocycles. The molecule has 7 heteroatoms. The van der Waals surface area contributed by atoms with Gasteiger partial charge >= 0.3 is 0 Å². The highest BCUT2D eigenvalue weighted by molar-refractivity contribution is 6.30. The normalized spacial score (nSPS) is 16.1. The fourth-order valence-electron chi connectivity index (χ4n) is 2.91. The zero-order valence-corrected chi connectivity index (χ0v) is 16.7. The van der Waals surface area contributed by atoms with E-state index in [4.69, 9.17) is 21.1 Å². The maximum atomic E-state index is 12.5. The monoisotopic (exact) mass is 410 g/mol. The number of hydrogen-bond acceptors (Lipinski definition) is 4. The Morgan fingerprint density at radius 2 is 2.00 bits per heavy atom. The van der Waals surface area contributed by atoms with Crippen LogP contribution in [0.25, 0.3) is 0 Å². The van der Waals surface area contributed by atoms with Gasteiger partial charge in [0.15, 0.2) is 11.5 Å². The number of rotatable bonds is 6. The molecule has 5 nitrogen and oxygen atoms in total. The fraction of sp³-hybridized carbons (Fsp3) is 0.350. The van der Waals surface area contributed by atoms with Crippen molar-refractivity contribution in [1.29, 1.82) is 0 Å². The minimum atomic E-state index is -0.0961. The van der Waals surface area contributed by atoms with E-state index in [1.165, 1.54) is 0 Å². The van der Waals surface area contributed by atoms with Crippen LogP contribution in [0.4, 0.5) is 0 Å². The Bertz CT molecular complexity index is 747. The van der Waals surface area contributed by atoms with Crippen molar-refractivity contribution in [3.8, 4) is 11.5 Å². The van der Waals surface area contributed by atoms with E-state index in [2.05, 4.69) is 10.6 Å². The van der Waals surface area contributed by atoms with E-state index in [9.17, 15) is 4.79 Å². The van der Waals surface area contributed by atoms with Gasteiger partial charge in [-0.05, 0) is 55.3 Å². The molecule has 2 aromatic carbocycles. The van der Waals surface area contributed by atoms with Crippen LogP contribution in [0.3, 0.4) is 0 Å². The number of piperidine rings is 1. The van der Waals surface area contributed by atoms with Gasteiger partial charge in [-0.3, -0.25) is 4.79 Å². The molecule has 0 spiro atoms. The number of benzene rings is 2. The molecular weight excluding hydrogens is 387 g/mol. The maximum Gasteiger partial charge on any atom is 0.251 e. The molecule has 1 atom stereocenters. The molecular formula is C20H24Cl2N2O3. The zero-order valence-electron chi connectivity index (χ0n) is 15.2. The number of ether oxygens (including phenoxy) is 2. The summed E-state index contributed by atoms with van der Waals surface area (Å²) in [5, 5.41) is 7.04. The van der Waals surface area contributed by atoms with Crippen LogP contribution in [0.15, 0.2) is 42.5 Å². The van der Waals surface area contributed by atoms with Crippen LogP contribution in [0.5, 0.6) is 11.5 Å². The van der Waals surface area contributed by atoms with Gasteiger partial charge in [-0.15, -0.1) is 12.4 Å². The number of halogens is 2. The Labute approximate surface area is 170 Å². The molecule has 2 N–H and O–H groups in total. The van der Waals surface area contributed by atoms with Crippen LogP contribution in [0.2, 0.25) is 5.02 Å². The van der Waals surface area contributed by atoms with Crippen molar-refractivity contribution in [3.63, 3.8) is 0 Å². The first-order valence-corrected chi connectivity index (χ1v) is 9.10. The SMILES string of the molecule is COc1cc(C(=O)N[C@H]2CCCNC2)ccc1OCc1ccc(Cl)cc1.Cl. The molecule has 3 rings (SSSR count). The minimum Gasteiger partial charge on any atom is -0.493 e. The van der Waals surface area contributed by atoms with Gasteiger partial charge in [0.1, 0.15) is 6.61 Å². The predicted octanol–water partition coefficient (Wildman–Crippen LogP) is 3.83. The van der Waals surface area contributed by atoms with E-state index in [1.54, 1.807) is 25.3 Å². The highest BCUT2D eigenvalue weighted by atomic mass is 35.5. The maximum absolute atomic E-state index is 12.5. The second-order valence-electron chi connectivity index (χ2n) is 6.30. The van der Waals surface area contributed by atoms with E-state index in [0.29, 0.717) is 28.7 Å². The van der Waals surface area contributed by atoms with Crippen LogP contribution in [0, 0.1) is 0 Å². The van der Waals surface area contributed by atoms with Gasteiger partial charge in [-0.25, -0.2) is 0 Å². The molecule has 1 saturated heterocycles. The van der Waals surface area contributed by atoms with Crippen LogP contribution in [0.1, 0.15) is 28.8 Å². The number of nitrogens with one attached hydrogen (secondary N) is 2. The van der Waals surface area contributed by atoms with Gasteiger partial charge in [0.05, 0.1) is 7.11 Å². The van der Waals surface area contributed by atoms with Crippen molar-refractivity contribution in [1.82, 2.24) is 10.6 Å². The van der Waals surface area contributed by atoms with Crippen molar-refractivity contribution in [3.05, 3.63) is 58.6 Å². The summed E-state index contributed by atoms with van der Waals surface area (Å²) in [4.78, 5) is 12.5. The van der Waals surface area contributed by atoms with Gasteiger partial charge < -0.3 is 20.1 Å². The molecule has 1 amide bonds. The summed E-state index contributed by atoms with van der Waals surface area (Å²) < 4.78 is 11.2. The lowest BCUT2D eigenvalue weighted by Crippen LogP contribution is -2.45. The highest BCUT2D eigenvalue weighted by Gasteiger charge is 2.17. The van der Waals surface area contributed by atoms with E-state index in [0.717, 1.165) is 31.5 Å². The number of hydrogen-bond donors (Lipinski definition) is 2. The Morgan fingerprint density at radius 3 is 2.67 bits per heavy atom. The molecule has 0 saturated carbocycles. The van der Waals surface area contributed by atoms with Gasteiger partial charge in [0, 0.05) is 23.2 Å². The van der Waals surface area contributed by atoms with Crippen LogP contribution < -0.4 is 20.1 Å². The Hall–Kier alpha value is -1.95. The third-order valence-electron chi connectivity index (χ3n) is 4.37. The van der Waals surface area contributed by atoms with Crippen LogP contribution in [-0.2, 0) is 6.61 Å². The lowest BCUT2D eigenvalue weighted by molar-refractivity contribution is 0.0930. The predicted molar refractivity (Wildman–Crippen MR) is 109 cm³/mol. The summed E-state index contributed by atoms with van der Waals surface area (Å²) in [6.45, 7) is 2.22. The van der Waals surface area contributed by atoms with Crippen molar-refractivity contribution >= 4 is 29.9 Å². The van der Waals surface area contributed by atoms with Crippen LogP contribution in [-0.4, -0.2) is 32.1 Å². The van der Waals surface area contributed by atoms with Crippen LogP contribution >= 0.6 is 24.0 Å². The second kappa shape index (κ2) is 10.4. The molecule has 1 aliphatic rings. The molecule has 27 heavy (non-hydrogen) atoms. The molecule has 1 aliphatic heterocycles. The molecule has 0 unspecified atom stereocenters. The molecule has 1 fully saturated rings. The molecule has 2 aromatic rings. The first kappa shape index (κ1) is 21.4. The Morgan fingerprint density at radius 1 is 1.22 bits per heavy atom. The second-order valence-corrected chi connectivity index (χ2v) is 6.73. The molecule has 0 bridgehead atoms. The summed E-state index contributed by atoms with van der Waals surface area (Å²) in [5.41, 5.74) is 1.56. The summed E-state index contributed by atoms with van der Waals surface area (Å²) in [6, 6.07) is 12.9. The van der Waals surface area contributed by atoms with Crippen molar-refractivity contribution < 1.29 is 14.3 Å². The van der Waals surface area contributed by atoms with Crippen molar-refractivity contribution in [2.24, 2.45) is 0 Å². The van der Waals surface area contributed by atoms with Gasteiger partial charge in [-0.2, -0.15) is 0 Å². The number of amides is 1. The average molecular weight is 411 g/mol. The van der Waals surface area contributed by atoms with E-state index >= 15 is 0 Å². The van der Waals surface area contributed by atoms with Crippen molar-refractivity contribution in [2.45, 2.75) is 25.5 Å². The van der Waals surface area contributed by atoms with E-state index in [-0.39, 0.29) is 24.4 Å². The summed E-state index contributed by atoms with van der Waals surface area (Å²) in [6.07, 6.45) is 2.07. The van der Waals surface area contributed by atoms with Crippen molar-refractivity contribution in [2.75, 3.05) is 20.2 Å². The molecule has 0 aliphatic carbocycles. The lowest BCUT2D eigenvalue weighted by Gasteiger charge is -2.24. The number of methoxy groups -OCH3 is 1. The largest absolute Gasteiger partial charge is 0.493 e. The minimum absolute atomic E-state index is 0. The van der Waals surface area contributed by atoms with Gasteiger partial charge in [-0.1, -0.05) is 23.7 Å². The molecule has 1 heterocycles. The third kappa shape index (κ3) is 6.03. The fourth-order valence-corrected chi connectivity index (χ4v) is 3.04.